The van der Waals surface area contributed by atoms with Crippen LogP contribution in [0.15, 0.2) is 48.9 Å². The summed E-state index contributed by atoms with van der Waals surface area (Å²) < 4.78 is 1.59. The number of carbonyl (C=O) groups excluding carboxylic acids is 1. The van der Waals surface area contributed by atoms with Gasteiger partial charge in [-0.25, -0.2) is 0 Å². The van der Waals surface area contributed by atoms with Crippen LogP contribution in [-0.2, 0) is 13.5 Å². The molecule has 0 saturated heterocycles. The molecule has 0 aliphatic rings. The number of aromatic amines is 1. The minimum atomic E-state index is -0.0546. The van der Waals surface area contributed by atoms with Gasteiger partial charge in [0.1, 0.15) is 5.01 Å². The van der Waals surface area contributed by atoms with E-state index in [0.717, 1.165) is 22.0 Å². The molecule has 0 unspecified atom stereocenters. The maximum Gasteiger partial charge on any atom is 0.210 e. The van der Waals surface area contributed by atoms with Crippen molar-refractivity contribution >= 4 is 62.0 Å². The fraction of sp³-hybridized carbons (Fsp3) is 0.0952. The van der Waals surface area contributed by atoms with E-state index in [1.807, 2.05) is 24.3 Å². The van der Waals surface area contributed by atoms with Crippen molar-refractivity contribution in [3.63, 3.8) is 0 Å². The number of fused-ring (bicyclic) bond motifs is 1. The highest BCUT2D eigenvalue weighted by Gasteiger charge is 2.15. The number of anilines is 2. The zero-order valence-corrected chi connectivity index (χ0v) is 19.0. The van der Waals surface area contributed by atoms with Crippen LogP contribution in [0.3, 0.4) is 0 Å². The number of hydrogen-bond donors (Lipinski definition) is 2. The monoisotopic (exact) mass is 483 g/mol. The highest BCUT2D eigenvalue weighted by Crippen LogP contribution is 2.35. The van der Waals surface area contributed by atoms with Crippen molar-refractivity contribution in [1.29, 1.82) is 0 Å². The Kier molecular flexibility index (Phi) is 5.38. The zero-order chi connectivity index (χ0) is 22.2. The van der Waals surface area contributed by atoms with Crippen LogP contribution in [0.25, 0.3) is 21.5 Å². The molecule has 0 radical (unpaired) electrons. The Balaban J connectivity index is 1.38. The molecule has 0 atom stereocenters. The zero-order valence-electron chi connectivity index (χ0n) is 16.6. The van der Waals surface area contributed by atoms with Gasteiger partial charge < -0.3 is 5.32 Å². The number of Topliss-reactive ketones (excluding diaryl/α,β-unsaturated/α-hetero) is 1. The van der Waals surface area contributed by atoms with E-state index in [2.05, 4.69) is 30.8 Å². The SMILES string of the molecule is Cn1cc(C(=O)Cc2cc(-c3nnc(Nc4ccc5[nH]ncc5c4Cl)s3)ccc2Cl)cn1. The summed E-state index contributed by atoms with van der Waals surface area (Å²) >= 11 is 14.2. The third-order valence-corrected chi connectivity index (χ3v) is 6.56. The number of hydrogen-bond acceptors (Lipinski definition) is 7. The first-order valence-corrected chi connectivity index (χ1v) is 11.1. The molecule has 0 aliphatic carbocycles. The predicted octanol–water partition coefficient (Wildman–Crippen LogP) is 5.29. The molecule has 5 aromatic rings. The number of rotatable bonds is 6. The summed E-state index contributed by atoms with van der Waals surface area (Å²) in [5, 5.41) is 25.8. The Morgan fingerprint density at radius 3 is 2.88 bits per heavy atom. The molecule has 2 aromatic carbocycles. The third-order valence-electron chi connectivity index (χ3n) is 4.90. The average molecular weight is 484 g/mol. The van der Waals surface area contributed by atoms with Gasteiger partial charge in [-0.15, -0.1) is 10.2 Å². The quantitative estimate of drug-likeness (QED) is 0.318. The second-order valence-corrected chi connectivity index (χ2v) is 8.87. The van der Waals surface area contributed by atoms with Crippen molar-refractivity contribution in [3.8, 4) is 10.6 Å². The van der Waals surface area contributed by atoms with Crippen LogP contribution < -0.4 is 5.32 Å². The second kappa shape index (κ2) is 8.34. The van der Waals surface area contributed by atoms with Crippen molar-refractivity contribution < 1.29 is 4.79 Å². The van der Waals surface area contributed by atoms with Gasteiger partial charge in [0.15, 0.2) is 5.78 Å². The molecule has 0 fully saturated rings. The normalized spacial score (nSPS) is 11.2. The highest BCUT2D eigenvalue weighted by molar-refractivity contribution is 7.18. The van der Waals surface area contributed by atoms with Gasteiger partial charge in [0.25, 0.3) is 0 Å². The Hall–Kier alpha value is -3.27. The van der Waals surface area contributed by atoms with Gasteiger partial charge in [0.2, 0.25) is 5.13 Å². The van der Waals surface area contributed by atoms with E-state index < -0.39 is 0 Å². The van der Waals surface area contributed by atoms with Crippen molar-refractivity contribution in [2.24, 2.45) is 7.05 Å². The molecule has 2 N–H and O–H groups in total. The van der Waals surface area contributed by atoms with Gasteiger partial charge >= 0.3 is 0 Å². The minimum Gasteiger partial charge on any atom is -0.329 e. The molecule has 0 bridgehead atoms. The van der Waals surface area contributed by atoms with Gasteiger partial charge in [0, 0.05) is 35.6 Å². The van der Waals surface area contributed by atoms with Gasteiger partial charge in [-0.3, -0.25) is 14.6 Å². The number of carbonyl (C=O) groups is 1. The van der Waals surface area contributed by atoms with Crippen LogP contribution in [0.4, 0.5) is 10.8 Å². The van der Waals surface area contributed by atoms with Crippen molar-refractivity contribution in [2.75, 3.05) is 5.32 Å². The summed E-state index contributed by atoms with van der Waals surface area (Å²) in [5.41, 5.74) is 3.65. The standard InChI is InChI=1S/C21H15Cl2N7OS/c1-30-10-13(8-25-30)18(31)7-12-6-11(2-3-15(12)22)20-28-29-21(32-20)26-17-5-4-16-14(19(17)23)9-24-27-16/h2-6,8-10H,7H2,1H3,(H,24,27)(H,26,29). The van der Waals surface area contributed by atoms with Gasteiger partial charge in [-0.2, -0.15) is 10.2 Å². The number of aryl methyl sites for hydroxylation is 1. The van der Waals surface area contributed by atoms with Gasteiger partial charge in [-0.1, -0.05) is 40.6 Å². The van der Waals surface area contributed by atoms with Crippen LogP contribution >= 0.6 is 34.5 Å². The molecule has 5 rings (SSSR count). The summed E-state index contributed by atoms with van der Waals surface area (Å²) in [4.78, 5) is 12.6. The lowest BCUT2D eigenvalue weighted by Gasteiger charge is -2.06. The topological polar surface area (TPSA) is 101 Å². The Morgan fingerprint density at radius 1 is 1.19 bits per heavy atom. The van der Waals surface area contributed by atoms with E-state index in [-0.39, 0.29) is 12.2 Å². The van der Waals surface area contributed by atoms with Crippen LogP contribution in [0, 0.1) is 0 Å². The molecule has 11 heteroatoms. The molecule has 0 aliphatic heterocycles. The number of nitrogens with one attached hydrogen (secondary N) is 2. The lowest BCUT2D eigenvalue weighted by molar-refractivity contribution is 0.0993. The molecular formula is C21H15Cl2N7OS. The van der Waals surface area contributed by atoms with E-state index in [9.17, 15) is 4.79 Å². The van der Waals surface area contributed by atoms with Crippen LogP contribution in [0.1, 0.15) is 15.9 Å². The third kappa shape index (κ3) is 3.97. The second-order valence-electron chi connectivity index (χ2n) is 7.10. The molecule has 0 saturated carbocycles. The number of aromatic nitrogens is 6. The number of H-pyrrole nitrogens is 1. The number of nitrogens with zero attached hydrogens (tertiary/aromatic N) is 5. The molecule has 0 amide bonds. The number of benzene rings is 2. The summed E-state index contributed by atoms with van der Waals surface area (Å²) in [5.74, 6) is -0.0546. The summed E-state index contributed by atoms with van der Waals surface area (Å²) in [6, 6.07) is 9.24. The van der Waals surface area contributed by atoms with E-state index in [4.69, 9.17) is 23.2 Å². The fourth-order valence-corrected chi connectivity index (χ4v) is 4.47. The average Bonchev–Trinajstić information content (AvgIpc) is 3.53. The van der Waals surface area contributed by atoms with Gasteiger partial charge in [0.05, 0.1) is 34.2 Å². The maximum atomic E-state index is 12.6. The molecule has 160 valence electrons. The van der Waals surface area contributed by atoms with Crippen LogP contribution in [0.5, 0.6) is 0 Å². The van der Waals surface area contributed by atoms with Crippen LogP contribution in [0.2, 0.25) is 10.0 Å². The first kappa shape index (κ1) is 20.6. The summed E-state index contributed by atoms with van der Waals surface area (Å²) in [6.45, 7) is 0. The Bertz CT molecular complexity index is 1460. The molecule has 32 heavy (non-hydrogen) atoms. The van der Waals surface area contributed by atoms with Crippen molar-refractivity contribution in [2.45, 2.75) is 6.42 Å². The molecule has 0 spiro atoms. The minimum absolute atomic E-state index is 0.0546. The Labute approximate surface area is 196 Å². The molecule has 3 aromatic heterocycles. The van der Waals surface area contributed by atoms with E-state index >= 15 is 0 Å². The number of ketones is 1. The first-order valence-electron chi connectivity index (χ1n) is 9.50. The highest BCUT2D eigenvalue weighted by atomic mass is 35.5. The van der Waals surface area contributed by atoms with E-state index in [0.29, 0.717) is 31.4 Å². The van der Waals surface area contributed by atoms with E-state index in [1.165, 1.54) is 11.3 Å². The van der Waals surface area contributed by atoms with Crippen molar-refractivity contribution in [3.05, 3.63) is 70.1 Å². The lowest BCUT2D eigenvalue weighted by atomic mass is 10.0. The lowest BCUT2D eigenvalue weighted by Crippen LogP contribution is -2.03. The number of halogens is 2. The molecule has 3 heterocycles. The largest absolute Gasteiger partial charge is 0.329 e. The van der Waals surface area contributed by atoms with E-state index in [1.54, 1.807) is 36.4 Å². The summed E-state index contributed by atoms with van der Waals surface area (Å²) in [6.07, 6.45) is 5.09. The maximum absolute atomic E-state index is 12.6. The molecule has 8 nitrogen and oxygen atoms in total. The first-order chi connectivity index (χ1) is 15.5. The van der Waals surface area contributed by atoms with Crippen molar-refractivity contribution in [1.82, 2.24) is 30.2 Å². The predicted molar refractivity (Wildman–Crippen MR) is 126 cm³/mol. The summed E-state index contributed by atoms with van der Waals surface area (Å²) in [7, 11) is 1.77. The molecular weight excluding hydrogens is 469 g/mol. The van der Waals surface area contributed by atoms with Gasteiger partial charge in [-0.05, 0) is 29.8 Å². The smallest absolute Gasteiger partial charge is 0.210 e. The Morgan fingerprint density at radius 2 is 2.06 bits per heavy atom. The fourth-order valence-electron chi connectivity index (χ4n) is 3.27. The van der Waals surface area contributed by atoms with Crippen LogP contribution in [-0.4, -0.2) is 36.0 Å².